The molecule has 6 nitrogen and oxygen atoms in total. The minimum atomic E-state index is 0.197. The van der Waals surface area contributed by atoms with E-state index in [-0.39, 0.29) is 5.91 Å². The molecule has 0 atom stereocenters. The Labute approximate surface area is 155 Å². The number of rotatable bonds is 6. The van der Waals surface area contributed by atoms with Crippen LogP contribution in [0.5, 0.6) is 0 Å². The molecule has 1 N–H and O–H groups in total. The number of piperazine rings is 1. The van der Waals surface area contributed by atoms with Gasteiger partial charge in [-0.05, 0) is 30.8 Å². The van der Waals surface area contributed by atoms with Crippen molar-refractivity contribution in [3.05, 3.63) is 54.2 Å². The van der Waals surface area contributed by atoms with Gasteiger partial charge in [0.1, 0.15) is 5.82 Å². The molecule has 0 bridgehead atoms. The summed E-state index contributed by atoms with van der Waals surface area (Å²) in [6.07, 6.45) is 1.89. The highest BCUT2D eigenvalue weighted by atomic mass is 16.2. The van der Waals surface area contributed by atoms with Crippen LogP contribution in [0.4, 0.5) is 11.5 Å². The number of amides is 1. The van der Waals surface area contributed by atoms with E-state index in [1.807, 2.05) is 54.4 Å². The van der Waals surface area contributed by atoms with E-state index < -0.39 is 0 Å². The van der Waals surface area contributed by atoms with Crippen molar-refractivity contribution in [1.82, 2.24) is 20.1 Å². The van der Waals surface area contributed by atoms with Crippen LogP contribution in [0.2, 0.25) is 0 Å². The second-order valence-electron chi connectivity index (χ2n) is 6.72. The van der Waals surface area contributed by atoms with Crippen molar-refractivity contribution < 1.29 is 4.79 Å². The molecule has 0 saturated carbocycles. The predicted octanol–water partition coefficient (Wildman–Crippen LogP) is 1.71. The first-order chi connectivity index (χ1) is 12.6. The molecule has 1 aromatic heterocycles. The first kappa shape index (κ1) is 18.4. The van der Waals surface area contributed by atoms with Gasteiger partial charge in [0.15, 0.2) is 0 Å². The van der Waals surface area contributed by atoms with E-state index >= 15 is 0 Å². The number of hydrogen-bond donors (Lipinski definition) is 1. The number of anilines is 2. The molecule has 1 aliphatic heterocycles. The fourth-order valence-corrected chi connectivity index (χ4v) is 3.11. The normalized spacial score (nSPS) is 14.5. The maximum absolute atomic E-state index is 12.3. The molecule has 0 aliphatic carbocycles. The number of nitrogens with one attached hydrogen (secondary N) is 1. The van der Waals surface area contributed by atoms with Gasteiger partial charge in [-0.2, -0.15) is 0 Å². The Hall–Kier alpha value is -2.44. The standard InChI is InChI=1S/C20H27N5O/c1-23(16-20(26)25-12-10-21-11-13-25)15-17-8-9-19(22-14-17)24(2)18-6-4-3-5-7-18/h3-9,14,21H,10-13,15-16H2,1-2H3. The molecule has 138 valence electrons. The lowest BCUT2D eigenvalue weighted by Crippen LogP contribution is -2.49. The van der Waals surface area contributed by atoms with E-state index in [0.29, 0.717) is 13.1 Å². The van der Waals surface area contributed by atoms with Crippen LogP contribution in [-0.4, -0.2) is 67.5 Å². The zero-order chi connectivity index (χ0) is 18.4. The molecular weight excluding hydrogens is 326 g/mol. The molecular formula is C20H27N5O. The highest BCUT2D eigenvalue weighted by Gasteiger charge is 2.17. The number of para-hydroxylation sites is 1. The maximum atomic E-state index is 12.3. The highest BCUT2D eigenvalue weighted by molar-refractivity contribution is 5.78. The topological polar surface area (TPSA) is 51.7 Å². The van der Waals surface area contributed by atoms with Crippen LogP contribution < -0.4 is 10.2 Å². The Morgan fingerprint density at radius 2 is 1.85 bits per heavy atom. The molecule has 1 aromatic carbocycles. The summed E-state index contributed by atoms with van der Waals surface area (Å²) in [5, 5.41) is 3.27. The first-order valence-corrected chi connectivity index (χ1v) is 9.04. The smallest absolute Gasteiger partial charge is 0.236 e. The zero-order valence-corrected chi connectivity index (χ0v) is 15.6. The number of pyridine rings is 1. The molecule has 2 heterocycles. The van der Waals surface area contributed by atoms with Gasteiger partial charge < -0.3 is 15.1 Å². The van der Waals surface area contributed by atoms with Crippen molar-refractivity contribution in [1.29, 1.82) is 0 Å². The van der Waals surface area contributed by atoms with E-state index in [1.165, 1.54) is 0 Å². The van der Waals surface area contributed by atoms with Crippen molar-refractivity contribution in [2.45, 2.75) is 6.54 Å². The lowest BCUT2D eigenvalue weighted by molar-refractivity contribution is -0.132. The van der Waals surface area contributed by atoms with Gasteiger partial charge in [0.05, 0.1) is 6.54 Å². The fraction of sp³-hybridized carbons (Fsp3) is 0.400. The molecule has 2 aromatic rings. The van der Waals surface area contributed by atoms with Gasteiger partial charge in [0.25, 0.3) is 0 Å². The first-order valence-electron chi connectivity index (χ1n) is 9.04. The van der Waals surface area contributed by atoms with Gasteiger partial charge in [0.2, 0.25) is 5.91 Å². The number of aromatic nitrogens is 1. The number of hydrogen-bond acceptors (Lipinski definition) is 5. The molecule has 3 rings (SSSR count). The molecule has 1 amide bonds. The van der Waals surface area contributed by atoms with Crippen LogP contribution in [0, 0.1) is 0 Å². The van der Waals surface area contributed by atoms with Crippen molar-refractivity contribution in [2.24, 2.45) is 0 Å². The molecule has 0 radical (unpaired) electrons. The van der Waals surface area contributed by atoms with Crippen LogP contribution in [0.1, 0.15) is 5.56 Å². The summed E-state index contributed by atoms with van der Waals surface area (Å²) in [6.45, 7) is 4.51. The third-order valence-corrected chi connectivity index (χ3v) is 4.62. The van der Waals surface area contributed by atoms with Crippen molar-refractivity contribution >= 4 is 17.4 Å². The van der Waals surface area contributed by atoms with Gasteiger partial charge >= 0.3 is 0 Å². The van der Waals surface area contributed by atoms with Gasteiger partial charge in [0, 0.05) is 51.7 Å². The SMILES string of the molecule is CN(CC(=O)N1CCNCC1)Cc1ccc(N(C)c2ccccc2)nc1. The lowest BCUT2D eigenvalue weighted by Gasteiger charge is -2.29. The van der Waals surface area contributed by atoms with Crippen LogP contribution in [0.3, 0.4) is 0 Å². The van der Waals surface area contributed by atoms with Crippen LogP contribution in [0.15, 0.2) is 48.7 Å². The second-order valence-corrected chi connectivity index (χ2v) is 6.72. The molecule has 0 spiro atoms. The molecule has 1 aliphatic rings. The minimum Gasteiger partial charge on any atom is -0.339 e. The van der Waals surface area contributed by atoms with Crippen molar-refractivity contribution in [2.75, 3.05) is 51.7 Å². The number of benzene rings is 1. The Morgan fingerprint density at radius 1 is 1.12 bits per heavy atom. The Kier molecular flexibility index (Phi) is 6.20. The lowest BCUT2D eigenvalue weighted by atomic mass is 10.2. The zero-order valence-electron chi connectivity index (χ0n) is 15.6. The van der Waals surface area contributed by atoms with E-state index in [0.717, 1.165) is 43.2 Å². The second kappa shape index (κ2) is 8.78. The Balaban J connectivity index is 1.54. The molecule has 0 unspecified atom stereocenters. The highest BCUT2D eigenvalue weighted by Crippen LogP contribution is 2.21. The van der Waals surface area contributed by atoms with E-state index in [9.17, 15) is 4.79 Å². The van der Waals surface area contributed by atoms with Crippen molar-refractivity contribution in [3.8, 4) is 0 Å². The summed E-state index contributed by atoms with van der Waals surface area (Å²) in [4.78, 5) is 22.9. The van der Waals surface area contributed by atoms with E-state index in [4.69, 9.17) is 0 Å². The van der Waals surface area contributed by atoms with Gasteiger partial charge in [-0.15, -0.1) is 0 Å². The van der Waals surface area contributed by atoms with Crippen LogP contribution >= 0.6 is 0 Å². The van der Waals surface area contributed by atoms with Crippen LogP contribution in [0.25, 0.3) is 0 Å². The van der Waals surface area contributed by atoms with Gasteiger partial charge in [-0.1, -0.05) is 24.3 Å². The average molecular weight is 353 g/mol. The van der Waals surface area contributed by atoms with E-state index in [2.05, 4.69) is 33.4 Å². The fourth-order valence-electron chi connectivity index (χ4n) is 3.11. The van der Waals surface area contributed by atoms with Crippen molar-refractivity contribution in [3.63, 3.8) is 0 Å². The molecule has 1 saturated heterocycles. The summed E-state index contributed by atoms with van der Waals surface area (Å²) in [5.74, 6) is 1.10. The summed E-state index contributed by atoms with van der Waals surface area (Å²) >= 11 is 0. The largest absolute Gasteiger partial charge is 0.339 e. The number of nitrogens with zero attached hydrogens (tertiary/aromatic N) is 4. The maximum Gasteiger partial charge on any atom is 0.236 e. The quantitative estimate of drug-likeness (QED) is 0.857. The van der Waals surface area contributed by atoms with E-state index in [1.54, 1.807) is 0 Å². The predicted molar refractivity (Wildman–Crippen MR) is 105 cm³/mol. The Morgan fingerprint density at radius 3 is 2.50 bits per heavy atom. The third kappa shape index (κ3) is 4.80. The summed E-state index contributed by atoms with van der Waals surface area (Å²) in [7, 11) is 3.99. The monoisotopic (exact) mass is 353 g/mol. The summed E-state index contributed by atoms with van der Waals surface area (Å²) in [6, 6.07) is 14.3. The Bertz CT molecular complexity index is 698. The molecule has 26 heavy (non-hydrogen) atoms. The minimum absolute atomic E-state index is 0.197. The number of carbonyl (C=O) groups excluding carboxylic acids is 1. The summed E-state index contributed by atoms with van der Waals surface area (Å²) < 4.78 is 0. The number of likely N-dealkylation sites (N-methyl/N-ethyl adjacent to an activating group) is 1. The molecule has 6 heteroatoms. The van der Waals surface area contributed by atoms with Gasteiger partial charge in [-0.3, -0.25) is 9.69 Å². The average Bonchev–Trinajstić information content (AvgIpc) is 2.69. The van der Waals surface area contributed by atoms with Gasteiger partial charge in [-0.25, -0.2) is 4.98 Å². The van der Waals surface area contributed by atoms with Crippen LogP contribution in [-0.2, 0) is 11.3 Å². The molecule has 1 fully saturated rings. The third-order valence-electron chi connectivity index (χ3n) is 4.62. The summed E-state index contributed by atoms with van der Waals surface area (Å²) in [5.41, 5.74) is 2.21. The number of carbonyl (C=O) groups is 1.